The number of nitriles is 1. The maximum absolute atomic E-state index is 11.7. The molecule has 1 aromatic rings. The number of ether oxygens (including phenoxy) is 1. The van der Waals surface area contributed by atoms with Crippen LogP contribution in [0.2, 0.25) is 0 Å². The summed E-state index contributed by atoms with van der Waals surface area (Å²) in [6, 6.07) is 11.5. The summed E-state index contributed by atoms with van der Waals surface area (Å²) in [5.74, 6) is -0.808. The highest BCUT2D eigenvalue weighted by Gasteiger charge is 2.24. The number of alkyl halides is 1. The average Bonchev–Trinajstić information content (AvgIpc) is 2.46. The van der Waals surface area contributed by atoms with Gasteiger partial charge in [0.25, 0.3) is 0 Å². The van der Waals surface area contributed by atoms with Crippen LogP contribution in [0, 0.1) is 17.2 Å². The summed E-state index contributed by atoms with van der Waals surface area (Å²) in [7, 11) is 1.33. The van der Waals surface area contributed by atoms with Gasteiger partial charge in [0.15, 0.2) is 0 Å². The van der Waals surface area contributed by atoms with Crippen LogP contribution < -0.4 is 0 Å². The Kier molecular flexibility index (Phi) is 6.11. The number of methoxy groups -OCH3 is 1. The Morgan fingerprint density at radius 2 is 2.11 bits per heavy atom. The van der Waals surface area contributed by atoms with Crippen LogP contribution in [0.25, 0.3) is 0 Å². The molecule has 1 rings (SSSR count). The summed E-state index contributed by atoms with van der Waals surface area (Å²) in [4.78, 5) is 11.7. The predicted molar refractivity (Wildman–Crippen MR) is 74.5 cm³/mol. The lowest BCUT2D eigenvalue weighted by molar-refractivity contribution is -0.145. The fourth-order valence-electron chi connectivity index (χ4n) is 1.82. The van der Waals surface area contributed by atoms with Crippen LogP contribution in [-0.2, 0) is 9.53 Å². The van der Waals surface area contributed by atoms with Crippen LogP contribution in [0.5, 0.6) is 0 Å². The zero-order chi connectivity index (χ0) is 14.3. The van der Waals surface area contributed by atoms with Gasteiger partial charge in [0.2, 0.25) is 0 Å². The Morgan fingerprint density at radius 1 is 1.47 bits per heavy atom. The number of carbonyl (C=O) groups excluding carboxylic acids is 1. The van der Waals surface area contributed by atoms with Gasteiger partial charge < -0.3 is 4.74 Å². The third-order valence-electron chi connectivity index (χ3n) is 2.84. The van der Waals surface area contributed by atoms with Gasteiger partial charge in [-0.05, 0) is 18.4 Å². The second kappa shape index (κ2) is 7.60. The molecule has 2 atom stereocenters. The fourth-order valence-corrected chi connectivity index (χ4v) is 2.18. The molecule has 0 saturated carbocycles. The summed E-state index contributed by atoms with van der Waals surface area (Å²) < 4.78 is 4.75. The number of esters is 1. The van der Waals surface area contributed by atoms with E-state index in [0.29, 0.717) is 12.0 Å². The summed E-state index contributed by atoms with van der Waals surface area (Å²) >= 11 is 6.31. The minimum absolute atomic E-state index is 0.277. The summed E-state index contributed by atoms with van der Waals surface area (Å²) in [5.41, 5.74) is 1.30. The molecule has 0 saturated heterocycles. The van der Waals surface area contributed by atoms with Crippen molar-refractivity contribution < 1.29 is 9.53 Å². The topological polar surface area (TPSA) is 50.1 Å². The Morgan fingerprint density at radius 3 is 2.63 bits per heavy atom. The first-order chi connectivity index (χ1) is 9.08. The molecular formula is C15H16ClNO2. The number of nitrogens with zero attached hydrogens (tertiary/aromatic N) is 1. The molecule has 0 aliphatic carbocycles. The van der Waals surface area contributed by atoms with E-state index in [-0.39, 0.29) is 17.8 Å². The second-order valence-electron chi connectivity index (χ2n) is 4.25. The average molecular weight is 278 g/mol. The van der Waals surface area contributed by atoms with Gasteiger partial charge in [0, 0.05) is 5.57 Å². The molecule has 0 N–H and O–H groups in total. The first-order valence-electron chi connectivity index (χ1n) is 5.93. The van der Waals surface area contributed by atoms with Gasteiger partial charge in [-0.2, -0.15) is 5.26 Å². The minimum Gasteiger partial charge on any atom is -0.469 e. The van der Waals surface area contributed by atoms with Crippen molar-refractivity contribution in [3.8, 4) is 6.07 Å². The molecular weight excluding hydrogens is 262 g/mol. The van der Waals surface area contributed by atoms with Crippen LogP contribution in [-0.4, -0.2) is 13.1 Å². The van der Waals surface area contributed by atoms with Gasteiger partial charge in [0.1, 0.15) is 0 Å². The number of carbonyl (C=O) groups is 1. The number of hydrogen-bond donors (Lipinski definition) is 0. The molecule has 0 spiro atoms. The van der Waals surface area contributed by atoms with E-state index in [1.165, 1.54) is 7.11 Å². The third kappa shape index (κ3) is 4.76. The Balaban J connectivity index is 2.75. The van der Waals surface area contributed by atoms with Crippen molar-refractivity contribution in [2.24, 2.45) is 5.92 Å². The van der Waals surface area contributed by atoms with Crippen molar-refractivity contribution in [3.63, 3.8) is 0 Å². The maximum atomic E-state index is 11.7. The minimum atomic E-state index is -0.445. The van der Waals surface area contributed by atoms with E-state index in [0.717, 1.165) is 5.56 Å². The standard InChI is InChI=1S/C15H16ClNO2/c1-11(10-17)8-13(15(18)19-2)9-14(16)12-6-4-3-5-7-12/h3-7,13-14H,1,8-9H2,2H3. The van der Waals surface area contributed by atoms with Crippen LogP contribution in [0.3, 0.4) is 0 Å². The van der Waals surface area contributed by atoms with E-state index in [1.54, 1.807) is 0 Å². The zero-order valence-electron chi connectivity index (χ0n) is 10.8. The molecule has 100 valence electrons. The molecule has 3 nitrogen and oxygen atoms in total. The molecule has 0 fully saturated rings. The van der Waals surface area contributed by atoms with Crippen molar-refractivity contribution in [1.29, 1.82) is 5.26 Å². The van der Waals surface area contributed by atoms with Crippen molar-refractivity contribution in [1.82, 2.24) is 0 Å². The monoisotopic (exact) mass is 277 g/mol. The highest BCUT2D eigenvalue weighted by atomic mass is 35.5. The van der Waals surface area contributed by atoms with Gasteiger partial charge in [-0.25, -0.2) is 0 Å². The Bertz CT molecular complexity index is 479. The molecule has 0 radical (unpaired) electrons. The third-order valence-corrected chi connectivity index (χ3v) is 3.27. The van der Waals surface area contributed by atoms with Gasteiger partial charge in [-0.1, -0.05) is 36.9 Å². The number of halogens is 1. The summed E-state index contributed by atoms with van der Waals surface area (Å²) in [5, 5.41) is 8.46. The van der Waals surface area contributed by atoms with E-state index >= 15 is 0 Å². The van der Waals surface area contributed by atoms with E-state index in [4.69, 9.17) is 21.6 Å². The lowest BCUT2D eigenvalue weighted by Gasteiger charge is -2.17. The molecule has 2 unspecified atom stereocenters. The summed E-state index contributed by atoms with van der Waals surface area (Å²) in [6.07, 6.45) is 0.693. The lowest BCUT2D eigenvalue weighted by atomic mass is 9.93. The smallest absolute Gasteiger partial charge is 0.309 e. The van der Waals surface area contributed by atoms with Gasteiger partial charge in [-0.15, -0.1) is 11.6 Å². The van der Waals surface area contributed by atoms with Gasteiger partial charge >= 0.3 is 5.97 Å². The highest BCUT2D eigenvalue weighted by Crippen LogP contribution is 2.30. The largest absolute Gasteiger partial charge is 0.469 e. The molecule has 0 aliphatic rings. The molecule has 0 aromatic heterocycles. The van der Waals surface area contributed by atoms with E-state index in [9.17, 15) is 4.79 Å². The molecule has 0 aliphatic heterocycles. The molecule has 0 amide bonds. The van der Waals surface area contributed by atoms with Crippen molar-refractivity contribution >= 4 is 17.6 Å². The van der Waals surface area contributed by atoms with Crippen molar-refractivity contribution in [2.75, 3.05) is 7.11 Å². The van der Waals surface area contributed by atoms with E-state index < -0.39 is 5.92 Å². The zero-order valence-corrected chi connectivity index (χ0v) is 11.6. The van der Waals surface area contributed by atoms with Crippen molar-refractivity contribution in [3.05, 3.63) is 48.0 Å². The van der Waals surface area contributed by atoms with Crippen LogP contribution in [0.4, 0.5) is 0 Å². The fraction of sp³-hybridized carbons (Fsp3) is 0.333. The highest BCUT2D eigenvalue weighted by molar-refractivity contribution is 6.20. The SMILES string of the molecule is C=C(C#N)CC(CC(Cl)c1ccccc1)C(=O)OC. The van der Waals surface area contributed by atoms with E-state index in [1.807, 2.05) is 36.4 Å². The number of hydrogen-bond acceptors (Lipinski definition) is 3. The van der Waals surface area contributed by atoms with Crippen LogP contribution >= 0.6 is 11.6 Å². The predicted octanol–water partition coefficient (Wildman–Crippen LogP) is 3.62. The first-order valence-corrected chi connectivity index (χ1v) is 6.36. The number of benzene rings is 1. The molecule has 1 aromatic carbocycles. The van der Waals surface area contributed by atoms with Crippen LogP contribution in [0.15, 0.2) is 42.5 Å². The normalized spacial score (nSPS) is 13.1. The van der Waals surface area contributed by atoms with Crippen molar-refractivity contribution in [2.45, 2.75) is 18.2 Å². The first kappa shape index (κ1) is 15.3. The second-order valence-corrected chi connectivity index (χ2v) is 4.78. The maximum Gasteiger partial charge on any atom is 0.309 e. The van der Waals surface area contributed by atoms with E-state index in [2.05, 4.69) is 6.58 Å². The Hall–Kier alpha value is -1.79. The molecule has 4 heteroatoms. The number of allylic oxidation sites excluding steroid dienone is 1. The molecule has 0 heterocycles. The number of rotatable bonds is 6. The lowest BCUT2D eigenvalue weighted by Crippen LogP contribution is -2.18. The van der Waals surface area contributed by atoms with Crippen LogP contribution in [0.1, 0.15) is 23.8 Å². The molecule has 0 bridgehead atoms. The molecule has 19 heavy (non-hydrogen) atoms. The summed E-state index contributed by atoms with van der Waals surface area (Å²) in [6.45, 7) is 3.60. The van der Waals surface area contributed by atoms with Gasteiger partial charge in [-0.3, -0.25) is 4.79 Å². The van der Waals surface area contributed by atoms with Gasteiger partial charge in [0.05, 0.1) is 24.5 Å². The quantitative estimate of drug-likeness (QED) is 0.453. The Labute approximate surface area is 118 Å².